The maximum atomic E-state index is 12.6. The average molecular weight is 427 g/mol. The maximum Gasteiger partial charge on any atom is 0.247 e. The molecule has 29 heavy (non-hydrogen) atoms. The van der Waals surface area contributed by atoms with Gasteiger partial charge in [-0.2, -0.15) is 4.98 Å². The van der Waals surface area contributed by atoms with E-state index in [0.29, 0.717) is 16.7 Å². The second-order valence-corrected chi connectivity index (χ2v) is 8.74. The van der Waals surface area contributed by atoms with Crippen LogP contribution < -0.4 is 9.64 Å². The average Bonchev–Trinajstić information content (AvgIpc) is 3.21. The predicted molar refractivity (Wildman–Crippen MR) is 116 cm³/mol. The van der Waals surface area contributed by atoms with E-state index in [2.05, 4.69) is 22.1 Å². The Kier molecular flexibility index (Phi) is 6.10. The number of thioether (sulfide) groups is 1. The molecule has 0 radical (unpaired) electrons. The van der Waals surface area contributed by atoms with E-state index in [1.54, 1.807) is 34.9 Å². The number of benzene rings is 1. The third kappa shape index (κ3) is 4.13. The van der Waals surface area contributed by atoms with Gasteiger partial charge >= 0.3 is 0 Å². The van der Waals surface area contributed by atoms with Gasteiger partial charge in [0.25, 0.3) is 0 Å². The summed E-state index contributed by atoms with van der Waals surface area (Å²) in [6, 6.07) is 11.6. The lowest BCUT2D eigenvalue weighted by Gasteiger charge is -2.28. The number of unbranched alkanes of at least 4 members (excludes halogenated alkanes) is 2. The summed E-state index contributed by atoms with van der Waals surface area (Å²) in [4.78, 5) is 19.9. The van der Waals surface area contributed by atoms with E-state index < -0.39 is 6.23 Å². The van der Waals surface area contributed by atoms with Crippen LogP contribution in [0.1, 0.15) is 44.2 Å². The van der Waals surface area contributed by atoms with Gasteiger partial charge in [0.1, 0.15) is 0 Å². The van der Waals surface area contributed by atoms with Crippen LogP contribution in [-0.4, -0.2) is 26.8 Å². The van der Waals surface area contributed by atoms with Crippen molar-refractivity contribution in [1.82, 2.24) is 15.2 Å². The van der Waals surface area contributed by atoms with Crippen molar-refractivity contribution in [2.24, 2.45) is 0 Å². The highest BCUT2D eigenvalue weighted by atomic mass is 32.2. The molecule has 3 heterocycles. The van der Waals surface area contributed by atoms with Crippen LogP contribution >= 0.6 is 23.1 Å². The molecule has 0 N–H and O–H groups in total. The van der Waals surface area contributed by atoms with Crippen molar-refractivity contribution in [2.75, 3.05) is 10.7 Å². The lowest BCUT2D eigenvalue weighted by atomic mass is 10.1. The van der Waals surface area contributed by atoms with Crippen LogP contribution in [-0.2, 0) is 4.79 Å². The van der Waals surface area contributed by atoms with Crippen molar-refractivity contribution < 1.29 is 9.53 Å². The van der Waals surface area contributed by atoms with E-state index in [9.17, 15) is 4.79 Å². The standard InChI is InChI=1S/C21H22N4O2S2/c1-3-4-7-12-29-21-22-19-18(23-24-21)15-9-5-6-10-16(15)25(14(2)26)20(27-19)17-11-8-13-28-17/h5-6,8-11,13,20H,3-4,7,12H2,1-2H3/t20-/m0/s1. The van der Waals surface area contributed by atoms with Gasteiger partial charge < -0.3 is 4.74 Å². The number of carbonyl (C=O) groups is 1. The second-order valence-electron chi connectivity index (χ2n) is 6.70. The van der Waals surface area contributed by atoms with Crippen molar-refractivity contribution >= 4 is 34.7 Å². The van der Waals surface area contributed by atoms with Crippen molar-refractivity contribution in [3.63, 3.8) is 0 Å². The Morgan fingerprint density at radius 3 is 2.83 bits per heavy atom. The highest BCUT2D eigenvalue weighted by Gasteiger charge is 2.34. The largest absolute Gasteiger partial charge is 0.446 e. The fourth-order valence-electron chi connectivity index (χ4n) is 3.25. The number of para-hydroxylation sites is 1. The molecule has 4 rings (SSSR count). The molecule has 0 unspecified atom stereocenters. The minimum Gasteiger partial charge on any atom is -0.446 e. The number of carbonyl (C=O) groups excluding carboxylic acids is 1. The molecule has 1 aromatic carbocycles. The molecule has 3 aromatic rings. The monoisotopic (exact) mass is 426 g/mol. The molecule has 1 aliphatic heterocycles. The summed E-state index contributed by atoms with van der Waals surface area (Å²) in [6.07, 6.45) is 2.88. The maximum absolute atomic E-state index is 12.6. The normalized spacial score (nSPS) is 15.2. The zero-order valence-electron chi connectivity index (χ0n) is 16.4. The summed E-state index contributed by atoms with van der Waals surface area (Å²) >= 11 is 3.13. The first kappa shape index (κ1) is 19.8. The number of hydrogen-bond acceptors (Lipinski definition) is 7. The molecule has 0 fully saturated rings. The summed E-state index contributed by atoms with van der Waals surface area (Å²) < 4.78 is 6.31. The number of ether oxygens (including phenoxy) is 1. The summed E-state index contributed by atoms with van der Waals surface area (Å²) in [6.45, 7) is 3.73. The van der Waals surface area contributed by atoms with E-state index >= 15 is 0 Å². The lowest BCUT2D eigenvalue weighted by molar-refractivity contribution is -0.118. The van der Waals surface area contributed by atoms with Crippen molar-refractivity contribution in [2.45, 2.75) is 44.5 Å². The van der Waals surface area contributed by atoms with Gasteiger partial charge in [-0.25, -0.2) is 0 Å². The van der Waals surface area contributed by atoms with Crippen molar-refractivity contribution in [3.8, 4) is 17.1 Å². The van der Waals surface area contributed by atoms with Crippen LogP contribution in [0.3, 0.4) is 0 Å². The second kappa shape index (κ2) is 8.92. The van der Waals surface area contributed by atoms with Crippen LogP contribution in [0, 0.1) is 0 Å². The van der Waals surface area contributed by atoms with E-state index in [1.807, 2.05) is 41.8 Å². The number of anilines is 1. The number of amides is 1. The van der Waals surface area contributed by atoms with Gasteiger partial charge in [0.15, 0.2) is 5.69 Å². The van der Waals surface area contributed by atoms with Gasteiger partial charge in [0.05, 0.1) is 10.6 Å². The third-order valence-corrected chi connectivity index (χ3v) is 6.44. The molecule has 8 heteroatoms. The number of thiophene rings is 1. The molecule has 0 saturated carbocycles. The Hall–Kier alpha value is -2.45. The first-order valence-electron chi connectivity index (χ1n) is 9.65. The molecule has 1 atom stereocenters. The van der Waals surface area contributed by atoms with Gasteiger partial charge in [0.2, 0.25) is 23.2 Å². The van der Waals surface area contributed by atoms with E-state index in [4.69, 9.17) is 4.74 Å². The molecule has 0 saturated heterocycles. The smallest absolute Gasteiger partial charge is 0.247 e. The lowest BCUT2D eigenvalue weighted by Crippen LogP contribution is -2.35. The quantitative estimate of drug-likeness (QED) is 0.392. The SMILES string of the molecule is CCCCCSc1nnc2c(n1)O[C@@H](c1cccs1)N(C(C)=O)c1ccccc1-2. The number of rotatable bonds is 6. The molecular weight excluding hydrogens is 404 g/mol. The molecule has 6 nitrogen and oxygen atoms in total. The van der Waals surface area contributed by atoms with Gasteiger partial charge in [-0.15, -0.1) is 21.5 Å². The van der Waals surface area contributed by atoms with Crippen LogP contribution in [0.4, 0.5) is 5.69 Å². The molecule has 0 bridgehead atoms. The summed E-state index contributed by atoms with van der Waals surface area (Å²) in [5.41, 5.74) is 2.10. The molecule has 1 amide bonds. The number of fused-ring (bicyclic) bond motifs is 3. The summed E-state index contributed by atoms with van der Waals surface area (Å²) in [5, 5.41) is 11.3. The first-order chi connectivity index (χ1) is 14.2. The molecule has 0 spiro atoms. The highest BCUT2D eigenvalue weighted by molar-refractivity contribution is 7.99. The number of aromatic nitrogens is 3. The Morgan fingerprint density at radius 1 is 1.21 bits per heavy atom. The van der Waals surface area contributed by atoms with Crippen molar-refractivity contribution in [3.05, 3.63) is 46.7 Å². The fourth-order valence-corrected chi connectivity index (χ4v) is 4.76. The Bertz CT molecular complexity index is 994. The Labute approximate surface area is 178 Å². The van der Waals surface area contributed by atoms with Crippen LogP contribution in [0.5, 0.6) is 5.88 Å². The molecule has 150 valence electrons. The van der Waals surface area contributed by atoms with Crippen LogP contribution in [0.2, 0.25) is 0 Å². The number of nitrogens with zero attached hydrogens (tertiary/aromatic N) is 4. The molecular formula is C21H22N4O2S2. The van der Waals surface area contributed by atoms with Crippen LogP contribution in [0.25, 0.3) is 11.3 Å². The summed E-state index contributed by atoms with van der Waals surface area (Å²) in [5.74, 6) is 1.25. The Balaban J connectivity index is 1.77. The van der Waals surface area contributed by atoms with Crippen LogP contribution in [0.15, 0.2) is 46.9 Å². The molecule has 0 aliphatic carbocycles. The fraction of sp³-hybridized carbons (Fsp3) is 0.333. The minimum atomic E-state index is -0.593. The third-order valence-electron chi connectivity index (χ3n) is 4.62. The minimum absolute atomic E-state index is 0.106. The highest BCUT2D eigenvalue weighted by Crippen LogP contribution is 2.44. The molecule has 2 aromatic heterocycles. The topological polar surface area (TPSA) is 68.2 Å². The Morgan fingerprint density at radius 2 is 2.07 bits per heavy atom. The van der Waals surface area contributed by atoms with Crippen molar-refractivity contribution in [1.29, 1.82) is 0 Å². The predicted octanol–water partition coefficient (Wildman–Crippen LogP) is 5.33. The zero-order chi connectivity index (χ0) is 20.2. The molecule has 1 aliphatic rings. The van der Waals surface area contributed by atoms with Gasteiger partial charge in [-0.1, -0.05) is 55.8 Å². The van der Waals surface area contributed by atoms with E-state index in [0.717, 1.165) is 28.3 Å². The van der Waals surface area contributed by atoms with Gasteiger partial charge in [0, 0.05) is 18.2 Å². The van der Waals surface area contributed by atoms with E-state index in [1.165, 1.54) is 12.8 Å². The van der Waals surface area contributed by atoms with Gasteiger partial charge in [-0.3, -0.25) is 9.69 Å². The first-order valence-corrected chi connectivity index (χ1v) is 11.5. The zero-order valence-corrected chi connectivity index (χ0v) is 18.0. The van der Waals surface area contributed by atoms with E-state index in [-0.39, 0.29) is 5.91 Å². The van der Waals surface area contributed by atoms with Gasteiger partial charge in [-0.05, 0) is 23.9 Å². The number of hydrogen-bond donors (Lipinski definition) is 0. The summed E-state index contributed by atoms with van der Waals surface area (Å²) in [7, 11) is 0.